The van der Waals surface area contributed by atoms with Crippen LogP contribution >= 0.6 is 0 Å². The molecule has 0 nitrogen and oxygen atoms in total. The van der Waals surface area contributed by atoms with E-state index < -0.39 is 0 Å². The SMILES string of the molecule is C=CCCCCCCCC.CCCCCC. The molecule has 0 atom stereocenters. The summed E-state index contributed by atoms with van der Waals surface area (Å²) in [5, 5.41) is 0. The molecule has 0 aliphatic rings. The van der Waals surface area contributed by atoms with Gasteiger partial charge >= 0.3 is 0 Å². The van der Waals surface area contributed by atoms with Crippen LogP contribution in [0.1, 0.15) is 91.4 Å². The van der Waals surface area contributed by atoms with Crippen molar-refractivity contribution in [2.75, 3.05) is 0 Å². The van der Waals surface area contributed by atoms with Gasteiger partial charge in [0.15, 0.2) is 0 Å². The summed E-state index contributed by atoms with van der Waals surface area (Å²) in [6.45, 7) is 10.4. The molecule has 0 heteroatoms. The van der Waals surface area contributed by atoms with Gasteiger partial charge in [0.2, 0.25) is 0 Å². The van der Waals surface area contributed by atoms with Crippen molar-refractivity contribution in [3.63, 3.8) is 0 Å². The van der Waals surface area contributed by atoms with E-state index in [1.165, 1.54) is 70.6 Å². The Hall–Kier alpha value is -0.260. The summed E-state index contributed by atoms with van der Waals surface area (Å²) in [7, 11) is 0. The van der Waals surface area contributed by atoms with Crippen molar-refractivity contribution in [1.82, 2.24) is 0 Å². The highest BCUT2D eigenvalue weighted by Gasteiger charge is 1.86. The van der Waals surface area contributed by atoms with Gasteiger partial charge in [0.1, 0.15) is 0 Å². The molecule has 0 unspecified atom stereocenters. The van der Waals surface area contributed by atoms with E-state index in [0.29, 0.717) is 0 Å². The van der Waals surface area contributed by atoms with Crippen LogP contribution in [0.15, 0.2) is 12.7 Å². The van der Waals surface area contributed by atoms with Crippen LogP contribution in [0.2, 0.25) is 0 Å². The Morgan fingerprint density at radius 2 is 1.00 bits per heavy atom. The largest absolute Gasteiger partial charge is 0.103 e. The molecule has 98 valence electrons. The standard InChI is InChI=1S/C10H20.C6H14/c1-3-5-7-9-10-8-6-4-2;1-3-5-6-4-2/h3H,1,4-10H2,2H3;3-6H2,1-2H3. The number of unbranched alkanes of at least 4 members (excludes halogenated alkanes) is 9. The van der Waals surface area contributed by atoms with Crippen molar-refractivity contribution in [1.29, 1.82) is 0 Å². The Morgan fingerprint density at radius 1 is 0.625 bits per heavy atom. The molecule has 0 heterocycles. The summed E-state index contributed by atoms with van der Waals surface area (Å²) < 4.78 is 0. The van der Waals surface area contributed by atoms with E-state index >= 15 is 0 Å². The molecule has 0 spiro atoms. The maximum absolute atomic E-state index is 3.69. The van der Waals surface area contributed by atoms with E-state index in [1.54, 1.807) is 0 Å². The quantitative estimate of drug-likeness (QED) is 0.294. The Morgan fingerprint density at radius 3 is 1.44 bits per heavy atom. The van der Waals surface area contributed by atoms with Crippen LogP contribution in [0, 0.1) is 0 Å². The van der Waals surface area contributed by atoms with Gasteiger partial charge in [-0.3, -0.25) is 0 Å². The first-order valence-corrected chi connectivity index (χ1v) is 7.44. The van der Waals surface area contributed by atoms with Crippen LogP contribution in [-0.4, -0.2) is 0 Å². The molecule has 0 aliphatic carbocycles. The smallest absolute Gasteiger partial charge is 0.0353 e. The number of hydrogen-bond acceptors (Lipinski definition) is 0. The van der Waals surface area contributed by atoms with Crippen molar-refractivity contribution in [3.05, 3.63) is 12.7 Å². The zero-order chi connectivity index (χ0) is 12.5. The van der Waals surface area contributed by atoms with Crippen molar-refractivity contribution < 1.29 is 0 Å². The molecule has 0 bridgehead atoms. The molecule has 0 aromatic rings. The summed E-state index contributed by atoms with van der Waals surface area (Å²) in [5.74, 6) is 0. The summed E-state index contributed by atoms with van der Waals surface area (Å²) in [6.07, 6.45) is 17.1. The van der Waals surface area contributed by atoms with E-state index in [1.807, 2.05) is 6.08 Å². The average molecular weight is 226 g/mol. The van der Waals surface area contributed by atoms with Gasteiger partial charge in [-0.25, -0.2) is 0 Å². The molecule has 0 N–H and O–H groups in total. The lowest BCUT2D eigenvalue weighted by atomic mass is 10.1. The second-order valence-corrected chi connectivity index (χ2v) is 4.55. The summed E-state index contributed by atoms with van der Waals surface area (Å²) in [6, 6.07) is 0. The lowest BCUT2D eigenvalue weighted by Crippen LogP contribution is -1.76. The van der Waals surface area contributed by atoms with E-state index in [9.17, 15) is 0 Å². The molecule has 0 fully saturated rings. The fraction of sp³-hybridized carbons (Fsp3) is 0.875. The molecule has 0 radical (unpaired) electrons. The van der Waals surface area contributed by atoms with Crippen LogP contribution in [0.3, 0.4) is 0 Å². The summed E-state index contributed by atoms with van der Waals surface area (Å²) in [5.41, 5.74) is 0. The van der Waals surface area contributed by atoms with Crippen LogP contribution < -0.4 is 0 Å². The third kappa shape index (κ3) is 23.5. The van der Waals surface area contributed by atoms with Crippen LogP contribution in [0.25, 0.3) is 0 Å². The first-order valence-electron chi connectivity index (χ1n) is 7.44. The lowest BCUT2D eigenvalue weighted by Gasteiger charge is -1.96. The minimum absolute atomic E-state index is 1.20. The minimum atomic E-state index is 1.20. The molecule has 0 saturated heterocycles. The molecule has 0 saturated carbocycles. The zero-order valence-electron chi connectivity index (χ0n) is 12.1. The van der Waals surface area contributed by atoms with Crippen molar-refractivity contribution in [3.8, 4) is 0 Å². The minimum Gasteiger partial charge on any atom is -0.103 e. The van der Waals surface area contributed by atoms with Gasteiger partial charge in [-0.1, -0.05) is 84.6 Å². The van der Waals surface area contributed by atoms with Crippen LogP contribution in [0.5, 0.6) is 0 Å². The maximum atomic E-state index is 3.69. The summed E-state index contributed by atoms with van der Waals surface area (Å²) >= 11 is 0. The Labute approximate surface area is 105 Å². The Balaban J connectivity index is 0. The molecule has 0 rings (SSSR count). The Kier molecular flexibility index (Phi) is 22.9. The first-order chi connectivity index (χ1) is 7.83. The monoisotopic (exact) mass is 226 g/mol. The molecule has 0 aromatic carbocycles. The normalized spacial score (nSPS) is 9.44. The Bertz CT molecular complexity index is 101. The van der Waals surface area contributed by atoms with Crippen LogP contribution in [-0.2, 0) is 0 Å². The molecule has 0 amide bonds. The number of hydrogen-bond donors (Lipinski definition) is 0. The highest BCUT2D eigenvalue weighted by molar-refractivity contribution is 4.65. The van der Waals surface area contributed by atoms with E-state index in [-0.39, 0.29) is 0 Å². The molecule has 0 aliphatic heterocycles. The molecule has 0 aromatic heterocycles. The van der Waals surface area contributed by atoms with Gasteiger partial charge in [-0.15, -0.1) is 6.58 Å². The number of rotatable bonds is 10. The zero-order valence-corrected chi connectivity index (χ0v) is 12.1. The lowest BCUT2D eigenvalue weighted by molar-refractivity contribution is 0.611. The maximum Gasteiger partial charge on any atom is -0.0353 e. The van der Waals surface area contributed by atoms with Gasteiger partial charge in [0.25, 0.3) is 0 Å². The fourth-order valence-corrected chi connectivity index (χ4v) is 1.57. The molecule has 16 heavy (non-hydrogen) atoms. The van der Waals surface area contributed by atoms with Crippen molar-refractivity contribution >= 4 is 0 Å². The number of allylic oxidation sites excluding steroid dienone is 1. The van der Waals surface area contributed by atoms with Gasteiger partial charge < -0.3 is 0 Å². The highest BCUT2D eigenvalue weighted by atomic mass is 13.9. The predicted octanol–water partition coefficient (Wildman–Crippen LogP) is 6.51. The van der Waals surface area contributed by atoms with Gasteiger partial charge in [0, 0.05) is 0 Å². The molecular weight excluding hydrogens is 192 g/mol. The van der Waals surface area contributed by atoms with Gasteiger partial charge in [-0.2, -0.15) is 0 Å². The second kappa shape index (κ2) is 20.2. The average Bonchev–Trinajstić information content (AvgIpc) is 2.32. The van der Waals surface area contributed by atoms with Crippen LogP contribution in [0.4, 0.5) is 0 Å². The van der Waals surface area contributed by atoms with E-state index in [0.717, 1.165) is 0 Å². The first kappa shape index (κ1) is 18.1. The fourth-order valence-electron chi connectivity index (χ4n) is 1.57. The van der Waals surface area contributed by atoms with E-state index in [2.05, 4.69) is 27.4 Å². The van der Waals surface area contributed by atoms with Crippen molar-refractivity contribution in [2.24, 2.45) is 0 Å². The summed E-state index contributed by atoms with van der Waals surface area (Å²) in [4.78, 5) is 0. The predicted molar refractivity (Wildman–Crippen MR) is 78.0 cm³/mol. The van der Waals surface area contributed by atoms with E-state index in [4.69, 9.17) is 0 Å². The topological polar surface area (TPSA) is 0 Å². The third-order valence-electron chi connectivity index (χ3n) is 2.72. The van der Waals surface area contributed by atoms with Gasteiger partial charge in [0.05, 0.1) is 0 Å². The second-order valence-electron chi connectivity index (χ2n) is 4.55. The third-order valence-corrected chi connectivity index (χ3v) is 2.72. The molecular formula is C16H34. The highest BCUT2D eigenvalue weighted by Crippen LogP contribution is 2.06. The van der Waals surface area contributed by atoms with Gasteiger partial charge in [-0.05, 0) is 12.8 Å². The van der Waals surface area contributed by atoms with Crippen molar-refractivity contribution in [2.45, 2.75) is 91.4 Å².